The maximum absolute atomic E-state index is 11.9. The van der Waals surface area contributed by atoms with E-state index in [1.807, 2.05) is 40.7 Å². The van der Waals surface area contributed by atoms with Crippen LogP contribution in [0, 0.1) is 0 Å². The number of rotatable bonds is 9. The molecular weight excluding hydrogens is 284 g/mol. The summed E-state index contributed by atoms with van der Waals surface area (Å²) in [6.07, 6.45) is -0.00269. The van der Waals surface area contributed by atoms with Crippen LogP contribution in [0.15, 0.2) is 12.1 Å². The number of carbonyl (C=O) groups is 1. The van der Waals surface area contributed by atoms with Gasteiger partial charge in [-0.25, -0.2) is 0 Å². The van der Waals surface area contributed by atoms with Crippen molar-refractivity contribution in [1.29, 1.82) is 0 Å². The zero-order valence-corrected chi connectivity index (χ0v) is 14.1. The lowest BCUT2D eigenvalue weighted by molar-refractivity contribution is -0.146. The van der Waals surface area contributed by atoms with Gasteiger partial charge in [-0.3, -0.25) is 4.79 Å². The van der Waals surface area contributed by atoms with E-state index in [1.165, 1.54) is 0 Å². The topological polar surface area (TPSA) is 54.0 Å². The van der Waals surface area contributed by atoms with Crippen LogP contribution in [0.5, 0.6) is 17.2 Å². The average molecular weight is 310 g/mol. The quantitative estimate of drug-likeness (QED) is 0.655. The molecule has 0 amide bonds. The molecule has 5 heteroatoms. The summed E-state index contributed by atoms with van der Waals surface area (Å²) in [6.45, 7) is 10.8. The SMILES string of the molecule is CCOc1ccc(CC(=O)OC(C)C)c(OCC)c1OCC. The summed E-state index contributed by atoms with van der Waals surface area (Å²) in [7, 11) is 0. The van der Waals surface area contributed by atoms with Gasteiger partial charge in [0.15, 0.2) is 11.5 Å². The molecule has 1 aromatic rings. The van der Waals surface area contributed by atoms with Gasteiger partial charge in [0.25, 0.3) is 0 Å². The minimum absolute atomic E-state index is 0.139. The first-order valence-corrected chi connectivity index (χ1v) is 7.77. The fraction of sp³-hybridized carbons (Fsp3) is 0.588. The van der Waals surface area contributed by atoms with Crippen LogP contribution in [0.1, 0.15) is 40.2 Å². The van der Waals surface area contributed by atoms with Crippen molar-refractivity contribution in [2.24, 2.45) is 0 Å². The van der Waals surface area contributed by atoms with Crippen LogP contribution in [0.4, 0.5) is 0 Å². The van der Waals surface area contributed by atoms with Crippen LogP contribution in [0.25, 0.3) is 0 Å². The second kappa shape index (κ2) is 9.18. The molecule has 0 atom stereocenters. The molecule has 1 rings (SSSR count). The van der Waals surface area contributed by atoms with Crippen molar-refractivity contribution in [2.45, 2.75) is 47.1 Å². The van der Waals surface area contributed by atoms with Crippen LogP contribution in [-0.2, 0) is 16.0 Å². The molecule has 0 N–H and O–H groups in total. The van der Waals surface area contributed by atoms with Crippen molar-refractivity contribution < 1.29 is 23.7 Å². The van der Waals surface area contributed by atoms with Crippen LogP contribution >= 0.6 is 0 Å². The first kappa shape index (κ1) is 18.1. The Morgan fingerprint density at radius 2 is 1.55 bits per heavy atom. The van der Waals surface area contributed by atoms with Crippen LogP contribution in [-0.4, -0.2) is 31.9 Å². The van der Waals surface area contributed by atoms with E-state index >= 15 is 0 Å². The molecule has 0 bridgehead atoms. The van der Waals surface area contributed by atoms with Gasteiger partial charge < -0.3 is 18.9 Å². The molecule has 1 aromatic carbocycles. The molecule has 22 heavy (non-hydrogen) atoms. The second-order valence-electron chi connectivity index (χ2n) is 4.90. The van der Waals surface area contributed by atoms with E-state index in [0.29, 0.717) is 37.1 Å². The highest BCUT2D eigenvalue weighted by molar-refractivity contribution is 5.75. The van der Waals surface area contributed by atoms with Crippen molar-refractivity contribution in [1.82, 2.24) is 0 Å². The molecule has 0 radical (unpaired) electrons. The first-order valence-electron chi connectivity index (χ1n) is 7.77. The number of esters is 1. The van der Waals surface area contributed by atoms with Crippen LogP contribution in [0.2, 0.25) is 0 Å². The summed E-state index contributed by atoms with van der Waals surface area (Å²) < 4.78 is 22.2. The highest BCUT2D eigenvalue weighted by Crippen LogP contribution is 2.40. The smallest absolute Gasteiger partial charge is 0.310 e. The summed E-state index contributed by atoms with van der Waals surface area (Å²) >= 11 is 0. The van der Waals surface area contributed by atoms with E-state index in [0.717, 1.165) is 5.56 Å². The predicted octanol–water partition coefficient (Wildman–Crippen LogP) is 3.38. The second-order valence-corrected chi connectivity index (χ2v) is 4.90. The van der Waals surface area contributed by atoms with Gasteiger partial charge >= 0.3 is 5.97 Å². The Hall–Kier alpha value is -1.91. The third-order valence-corrected chi connectivity index (χ3v) is 2.74. The van der Waals surface area contributed by atoms with E-state index in [2.05, 4.69) is 0 Å². The lowest BCUT2D eigenvalue weighted by atomic mass is 10.1. The molecule has 0 unspecified atom stereocenters. The number of ether oxygens (including phenoxy) is 4. The highest BCUT2D eigenvalue weighted by atomic mass is 16.5. The summed E-state index contributed by atoms with van der Waals surface area (Å²) in [5.74, 6) is 1.42. The Morgan fingerprint density at radius 3 is 2.09 bits per heavy atom. The summed E-state index contributed by atoms with van der Waals surface area (Å²) in [4.78, 5) is 11.9. The standard InChI is InChI=1S/C17H26O5/c1-6-19-14-10-9-13(11-15(18)22-12(4)5)16(20-7-2)17(14)21-8-3/h9-10,12H,6-8,11H2,1-5H3. The molecule has 0 fully saturated rings. The van der Waals surface area contributed by atoms with Crippen molar-refractivity contribution in [2.75, 3.05) is 19.8 Å². The Bertz CT molecular complexity index is 482. The zero-order chi connectivity index (χ0) is 16.5. The molecular formula is C17H26O5. The molecule has 0 spiro atoms. The lowest BCUT2D eigenvalue weighted by Crippen LogP contribution is -2.15. The normalized spacial score (nSPS) is 10.5. The van der Waals surface area contributed by atoms with Gasteiger partial charge in [0.2, 0.25) is 5.75 Å². The monoisotopic (exact) mass is 310 g/mol. The molecule has 5 nitrogen and oxygen atoms in total. The van der Waals surface area contributed by atoms with Gasteiger partial charge in [-0.2, -0.15) is 0 Å². The Kier molecular flexibility index (Phi) is 7.57. The zero-order valence-electron chi connectivity index (χ0n) is 14.1. The van der Waals surface area contributed by atoms with E-state index in [-0.39, 0.29) is 18.5 Å². The third kappa shape index (κ3) is 5.13. The van der Waals surface area contributed by atoms with Crippen molar-refractivity contribution >= 4 is 5.97 Å². The molecule has 0 saturated carbocycles. The molecule has 0 aliphatic rings. The van der Waals surface area contributed by atoms with E-state index in [1.54, 1.807) is 6.07 Å². The summed E-state index contributed by atoms with van der Waals surface area (Å²) in [5.41, 5.74) is 0.736. The first-order chi connectivity index (χ1) is 10.5. The third-order valence-electron chi connectivity index (χ3n) is 2.74. The Labute approximate surface area is 132 Å². The average Bonchev–Trinajstić information content (AvgIpc) is 2.44. The largest absolute Gasteiger partial charge is 0.490 e. The molecule has 0 saturated heterocycles. The van der Waals surface area contributed by atoms with Crippen LogP contribution < -0.4 is 14.2 Å². The predicted molar refractivity (Wildman–Crippen MR) is 84.9 cm³/mol. The van der Waals surface area contributed by atoms with Gasteiger partial charge in [-0.1, -0.05) is 6.07 Å². The molecule has 0 aromatic heterocycles. The molecule has 124 valence electrons. The van der Waals surface area contributed by atoms with Gasteiger partial charge in [0.1, 0.15) is 0 Å². The minimum Gasteiger partial charge on any atom is -0.490 e. The van der Waals surface area contributed by atoms with Gasteiger partial charge in [0.05, 0.1) is 32.3 Å². The summed E-state index contributed by atoms with van der Waals surface area (Å²) in [6, 6.07) is 3.62. The van der Waals surface area contributed by atoms with Crippen molar-refractivity contribution in [3.05, 3.63) is 17.7 Å². The maximum atomic E-state index is 11.9. The van der Waals surface area contributed by atoms with E-state index < -0.39 is 0 Å². The Balaban J connectivity index is 3.14. The van der Waals surface area contributed by atoms with E-state index in [9.17, 15) is 4.79 Å². The molecule has 0 aliphatic heterocycles. The van der Waals surface area contributed by atoms with E-state index in [4.69, 9.17) is 18.9 Å². The van der Waals surface area contributed by atoms with Crippen molar-refractivity contribution in [3.63, 3.8) is 0 Å². The maximum Gasteiger partial charge on any atom is 0.310 e. The molecule has 0 aliphatic carbocycles. The lowest BCUT2D eigenvalue weighted by Gasteiger charge is -2.18. The summed E-state index contributed by atoms with van der Waals surface area (Å²) in [5, 5.41) is 0. The number of hydrogen-bond acceptors (Lipinski definition) is 5. The van der Waals surface area contributed by atoms with Crippen LogP contribution in [0.3, 0.4) is 0 Å². The number of benzene rings is 1. The fourth-order valence-electron chi connectivity index (χ4n) is 2.04. The van der Waals surface area contributed by atoms with Gasteiger partial charge in [0, 0.05) is 5.56 Å². The highest BCUT2D eigenvalue weighted by Gasteiger charge is 2.20. The van der Waals surface area contributed by atoms with Gasteiger partial charge in [-0.15, -0.1) is 0 Å². The fourth-order valence-corrected chi connectivity index (χ4v) is 2.04. The Morgan fingerprint density at radius 1 is 0.955 bits per heavy atom. The van der Waals surface area contributed by atoms with Gasteiger partial charge in [-0.05, 0) is 40.7 Å². The minimum atomic E-state index is -0.289. The number of carbonyl (C=O) groups excluding carboxylic acids is 1. The molecule has 0 heterocycles. The number of hydrogen-bond donors (Lipinski definition) is 0. The van der Waals surface area contributed by atoms with Crippen molar-refractivity contribution in [3.8, 4) is 17.2 Å².